The zero-order chi connectivity index (χ0) is 20.4. The molecule has 0 atom stereocenters. The number of amides is 1. The Hall–Kier alpha value is -4.20. The first kappa shape index (κ1) is 18.2. The highest BCUT2D eigenvalue weighted by Gasteiger charge is 2.13. The summed E-state index contributed by atoms with van der Waals surface area (Å²) in [5, 5.41) is 13.6. The molecule has 144 valence electrons. The van der Waals surface area contributed by atoms with Crippen molar-refractivity contribution in [3.05, 3.63) is 82.4 Å². The molecular formula is C21H15N3O5. The molecule has 0 aliphatic rings. The molecule has 0 bridgehead atoms. The minimum Gasteiger partial charge on any atom is -0.497 e. The molecule has 1 amide bonds. The van der Waals surface area contributed by atoms with Crippen LogP contribution in [0.25, 0.3) is 22.6 Å². The van der Waals surface area contributed by atoms with Gasteiger partial charge in [-0.3, -0.25) is 14.9 Å². The normalized spacial score (nSPS) is 10.7. The Morgan fingerprint density at radius 2 is 1.90 bits per heavy atom. The van der Waals surface area contributed by atoms with E-state index in [1.165, 1.54) is 24.3 Å². The molecule has 0 unspecified atom stereocenters. The topological polar surface area (TPSA) is 108 Å². The lowest BCUT2D eigenvalue weighted by molar-refractivity contribution is -0.384. The Morgan fingerprint density at radius 1 is 1.10 bits per heavy atom. The van der Waals surface area contributed by atoms with E-state index in [4.69, 9.17) is 9.15 Å². The zero-order valence-corrected chi connectivity index (χ0v) is 15.3. The van der Waals surface area contributed by atoms with Crippen LogP contribution in [-0.4, -0.2) is 22.9 Å². The second-order valence-corrected chi connectivity index (χ2v) is 6.19. The number of rotatable bonds is 5. The van der Waals surface area contributed by atoms with E-state index in [-0.39, 0.29) is 11.3 Å². The van der Waals surface area contributed by atoms with Crippen LogP contribution in [0.3, 0.4) is 0 Å². The van der Waals surface area contributed by atoms with Gasteiger partial charge in [0.05, 0.1) is 12.0 Å². The van der Waals surface area contributed by atoms with E-state index < -0.39 is 10.8 Å². The number of nitro groups is 1. The summed E-state index contributed by atoms with van der Waals surface area (Å²) < 4.78 is 11.0. The Bertz CT molecular complexity index is 1210. The average molecular weight is 389 g/mol. The summed E-state index contributed by atoms with van der Waals surface area (Å²) in [7, 11) is 1.60. The van der Waals surface area contributed by atoms with E-state index in [1.807, 2.05) is 24.3 Å². The van der Waals surface area contributed by atoms with Gasteiger partial charge in [0.15, 0.2) is 5.58 Å². The first-order valence-electron chi connectivity index (χ1n) is 8.64. The van der Waals surface area contributed by atoms with Crippen LogP contribution >= 0.6 is 0 Å². The zero-order valence-electron chi connectivity index (χ0n) is 15.3. The minimum absolute atomic E-state index is 0.146. The molecule has 4 aromatic rings. The van der Waals surface area contributed by atoms with Crippen molar-refractivity contribution >= 4 is 28.4 Å². The molecule has 8 nitrogen and oxygen atoms in total. The third-order valence-corrected chi connectivity index (χ3v) is 4.30. The number of hydrogen-bond acceptors (Lipinski definition) is 6. The molecule has 3 aromatic carbocycles. The fourth-order valence-corrected chi connectivity index (χ4v) is 2.82. The predicted octanol–water partition coefficient (Wildman–Crippen LogP) is 4.66. The molecule has 0 spiro atoms. The molecule has 4 rings (SSSR count). The fraction of sp³-hybridized carbons (Fsp3) is 0.0476. The molecule has 0 aliphatic carbocycles. The van der Waals surface area contributed by atoms with Gasteiger partial charge in [0, 0.05) is 35.0 Å². The number of ether oxygens (including phenoxy) is 1. The van der Waals surface area contributed by atoms with Gasteiger partial charge >= 0.3 is 0 Å². The number of aromatic nitrogens is 1. The van der Waals surface area contributed by atoms with E-state index in [0.29, 0.717) is 22.7 Å². The van der Waals surface area contributed by atoms with Crippen LogP contribution in [0, 0.1) is 10.1 Å². The first-order chi connectivity index (χ1) is 14.0. The number of nitrogens with zero attached hydrogens (tertiary/aromatic N) is 2. The predicted molar refractivity (Wildman–Crippen MR) is 107 cm³/mol. The maximum absolute atomic E-state index is 12.4. The SMILES string of the molecule is COc1ccc(-c2nc3ccc(NC(=O)c4cccc([N+](=O)[O-])c4)cc3o2)cc1. The monoisotopic (exact) mass is 389 g/mol. The van der Waals surface area contributed by atoms with Crippen molar-refractivity contribution < 1.29 is 18.9 Å². The van der Waals surface area contributed by atoms with E-state index in [9.17, 15) is 14.9 Å². The van der Waals surface area contributed by atoms with Crippen LogP contribution < -0.4 is 10.1 Å². The van der Waals surface area contributed by atoms with Gasteiger partial charge < -0.3 is 14.5 Å². The highest BCUT2D eigenvalue weighted by molar-refractivity contribution is 6.05. The molecule has 0 aliphatic heterocycles. The van der Waals surface area contributed by atoms with Gasteiger partial charge in [-0.1, -0.05) is 6.07 Å². The molecule has 0 saturated heterocycles. The summed E-state index contributed by atoms with van der Waals surface area (Å²) in [4.78, 5) is 27.2. The van der Waals surface area contributed by atoms with Crippen molar-refractivity contribution in [2.24, 2.45) is 0 Å². The fourth-order valence-electron chi connectivity index (χ4n) is 2.82. The average Bonchev–Trinajstić information content (AvgIpc) is 3.17. The van der Waals surface area contributed by atoms with E-state index >= 15 is 0 Å². The number of nitro benzene ring substituents is 1. The van der Waals surface area contributed by atoms with Crippen LogP contribution in [0.1, 0.15) is 10.4 Å². The third kappa shape index (κ3) is 3.77. The van der Waals surface area contributed by atoms with Gasteiger partial charge in [-0.05, 0) is 42.5 Å². The van der Waals surface area contributed by atoms with Gasteiger partial charge in [0.1, 0.15) is 11.3 Å². The van der Waals surface area contributed by atoms with Gasteiger partial charge in [-0.15, -0.1) is 0 Å². The summed E-state index contributed by atoms with van der Waals surface area (Å²) in [6, 6.07) is 17.9. The second-order valence-electron chi connectivity index (χ2n) is 6.19. The Morgan fingerprint density at radius 3 is 2.62 bits per heavy atom. The van der Waals surface area contributed by atoms with Crippen LogP contribution in [0.2, 0.25) is 0 Å². The van der Waals surface area contributed by atoms with E-state index in [0.717, 1.165) is 11.3 Å². The van der Waals surface area contributed by atoms with Crippen molar-refractivity contribution in [2.75, 3.05) is 12.4 Å². The smallest absolute Gasteiger partial charge is 0.270 e. The number of nitrogens with one attached hydrogen (secondary N) is 1. The molecule has 29 heavy (non-hydrogen) atoms. The highest BCUT2D eigenvalue weighted by Crippen LogP contribution is 2.27. The van der Waals surface area contributed by atoms with Crippen molar-refractivity contribution in [2.45, 2.75) is 0 Å². The van der Waals surface area contributed by atoms with Gasteiger partial charge in [0.25, 0.3) is 11.6 Å². The minimum atomic E-state index is -0.544. The summed E-state index contributed by atoms with van der Waals surface area (Å²) in [6.45, 7) is 0. The summed E-state index contributed by atoms with van der Waals surface area (Å²) in [5.41, 5.74) is 2.48. The first-order valence-corrected chi connectivity index (χ1v) is 8.64. The van der Waals surface area contributed by atoms with Gasteiger partial charge in [0.2, 0.25) is 5.89 Å². The molecule has 1 aromatic heterocycles. The lowest BCUT2D eigenvalue weighted by atomic mass is 10.2. The van der Waals surface area contributed by atoms with Crippen LogP contribution in [0.5, 0.6) is 5.75 Å². The maximum Gasteiger partial charge on any atom is 0.270 e. The number of fused-ring (bicyclic) bond motifs is 1. The maximum atomic E-state index is 12.4. The van der Waals surface area contributed by atoms with Crippen LogP contribution in [-0.2, 0) is 0 Å². The highest BCUT2D eigenvalue weighted by atomic mass is 16.6. The Kier molecular flexibility index (Phi) is 4.66. The molecule has 8 heteroatoms. The number of benzene rings is 3. The number of anilines is 1. The second kappa shape index (κ2) is 7.43. The third-order valence-electron chi connectivity index (χ3n) is 4.30. The number of carbonyl (C=O) groups is 1. The van der Waals surface area contributed by atoms with Crippen molar-refractivity contribution in [3.63, 3.8) is 0 Å². The van der Waals surface area contributed by atoms with E-state index in [2.05, 4.69) is 10.3 Å². The largest absolute Gasteiger partial charge is 0.497 e. The molecule has 0 radical (unpaired) electrons. The molecule has 1 N–H and O–H groups in total. The van der Waals surface area contributed by atoms with Crippen molar-refractivity contribution in [1.29, 1.82) is 0 Å². The number of hydrogen-bond donors (Lipinski definition) is 1. The van der Waals surface area contributed by atoms with Gasteiger partial charge in [-0.25, -0.2) is 4.98 Å². The standard InChI is InChI=1S/C21H15N3O5/c1-28-17-8-5-13(6-9-17)21-23-18-10-7-15(12-19(18)29-21)22-20(25)14-3-2-4-16(11-14)24(26)27/h2-12H,1H3,(H,22,25). The van der Waals surface area contributed by atoms with Crippen LogP contribution in [0.4, 0.5) is 11.4 Å². The lowest BCUT2D eigenvalue weighted by Gasteiger charge is -2.04. The Labute approximate surface area is 164 Å². The number of oxazole rings is 1. The van der Waals surface area contributed by atoms with Crippen molar-refractivity contribution in [3.8, 4) is 17.2 Å². The van der Waals surface area contributed by atoms with Gasteiger partial charge in [-0.2, -0.15) is 0 Å². The molecular weight excluding hydrogens is 374 g/mol. The molecule has 1 heterocycles. The molecule has 0 saturated carbocycles. The number of carbonyl (C=O) groups excluding carboxylic acids is 1. The number of methoxy groups -OCH3 is 1. The quantitative estimate of drug-likeness (QED) is 0.393. The Balaban J connectivity index is 1.58. The summed E-state index contributed by atoms with van der Waals surface area (Å²) in [6.07, 6.45) is 0. The van der Waals surface area contributed by atoms with Crippen molar-refractivity contribution in [1.82, 2.24) is 4.98 Å². The number of non-ortho nitro benzene ring substituents is 1. The summed E-state index contributed by atoms with van der Waals surface area (Å²) in [5.74, 6) is 0.726. The molecule has 0 fully saturated rings. The summed E-state index contributed by atoms with van der Waals surface area (Å²) >= 11 is 0. The van der Waals surface area contributed by atoms with Crippen LogP contribution in [0.15, 0.2) is 71.1 Å². The lowest BCUT2D eigenvalue weighted by Crippen LogP contribution is -2.11. The van der Waals surface area contributed by atoms with E-state index in [1.54, 1.807) is 25.3 Å².